The molecule has 0 aliphatic carbocycles. The lowest BCUT2D eigenvalue weighted by Crippen LogP contribution is -2.10. The molecule has 0 bridgehead atoms. The zero-order chi connectivity index (χ0) is 11.4. The van der Waals surface area contributed by atoms with Crippen LogP contribution in [0.5, 0.6) is 0 Å². The summed E-state index contributed by atoms with van der Waals surface area (Å²) in [4.78, 5) is 10.6. The molecule has 14 heavy (non-hydrogen) atoms. The van der Waals surface area contributed by atoms with Crippen LogP contribution in [0.3, 0.4) is 0 Å². The van der Waals surface area contributed by atoms with E-state index in [1.807, 2.05) is 34.6 Å². The van der Waals surface area contributed by atoms with Crippen LogP contribution in [-0.2, 0) is 14.3 Å². The minimum absolute atomic E-state index is 0.0315. The monoisotopic (exact) mass is 204 g/mol. The van der Waals surface area contributed by atoms with Gasteiger partial charge < -0.3 is 9.47 Å². The summed E-state index contributed by atoms with van der Waals surface area (Å²) >= 11 is 0. The number of carbonyl (C=O) groups is 1. The van der Waals surface area contributed by atoms with E-state index in [2.05, 4.69) is 0 Å². The summed E-state index contributed by atoms with van der Waals surface area (Å²) in [5.74, 6) is -0.0903. The summed E-state index contributed by atoms with van der Waals surface area (Å²) in [6.07, 6.45) is 1.44. The van der Waals surface area contributed by atoms with Gasteiger partial charge in [-0.15, -0.1) is 0 Å². The van der Waals surface area contributed by atoms with Gasteiger partial charge in [0.1, 0.15) is 0 Å². The summed E-state index contributed by atoms with van der Waals surface area (Å²) in [6.45, 7) is 11.3. The van der Waals surface area contributed by atoms with Crippen LogP contribution in [0.4, 0.5) is 0 Å². The normalized spacial score (nSPS) is 9.29. The summed E-state index contributed by atoms with van der Waals surface area (Å²) in [7, 11) is 0. The number of ether oxygens (including phenoxy) is 2. The first-order chi connectivity index (χ1) is 6.58. The van der Waals surface area contributed by atoms with Crippen molar-refractivity contribution in [3.05, 3.63) is 0 Å². The van der Waals surface area contributed by atoms with Gasteiger partial charge in [0.25, 0.3) is 0 Å². The number of hydrogen-bond donors (Lipinski definition) is 0. The molecule has 0 amide bonds. The maximum Gasteiger partial charge on any atom is 0.306 e. The van der Waals surface area contributed by atoms with E-state index in [-0.39, 0.29) is 12.1 Å². The highest BCUT2D eigenvalue weighted by Gasteiger charge is 2.01. The molecule has 0 aromatic carbocycles. The molecule has 0 atom stereocenters. The highest BCUT2D eigenvalue weighted by Crippen LogP contribution is 1.94. The van der Waals surface area contributed by atoms with E-state index in [4.69, 9.17) is 9.47 Å². The second kappa shape index (κ2) is 12.4. The lowest BCUT2D eigenvalue weighted by Gasteiger charge is -2.05. The number of rotatable bonds is 5. The highest BCUT2D eigenvalue weighted by atomic mass is 16.5. The van der Waals surface area contributed by atoms with Crippen molar-refractivity contribution < 1.29 is 14.3 Å². The Morgan fingerprint density at radius 3 is 1.86 bits per heavy atom. The van der Waals surface area contributed by atoms with Crippen LogP contribution in [0.1, 0.15) is 47.5 Å². The highest BCUT2D eigenvalue weighted by molar-refractivity contribution is 5.69. The number of hydrogen-bond acceptors (Lipinski definition) is 3. The van der Waals surface area contributed by atoms with Crippen LogP contribution in [-0.4, -0.2) is 25.3 Å². The van der Waals surface area contributed by atoms with Crippen molar-refractivity contribution in [2.75, 3.05) is 13.2 Å². The fourth-order valence-corrected chi connectivity index (χ4v) is 0.730. The molecule has 0 rings (SSSR count). The topological polar surface area (TPSA) is 35.5 Å². The fraction of sp³-hybridized carbons (Fsp3) is 0.909. The summed E-state index contributed by atoms with van der Waals surface area (Å²) in [5.41, 5.74) is 0. The largest absolute Gasteiger partial charge is 0.463 e. The van der Waals surface area contributed by atoms with Gasteiger partial charge >= 0.3 is 5.97 Å². The quantitative estimate of drug-likeness (QED) is 0.646. The Labute approximate surface area is 87.8 Å². The molecule has 0 fully saturated rings. The molecule has 0 radical (unpaired) electrons. The van der Waals surface area contributed by atoms with Gasteiger partial charge in [0, 0.05) is 19.6 Å². The first kappa shape index (κ1) is 15.9. The summed E-state index contributed by atoms with van der Waals surface area (Å²) < 4.78 is 9.68. The molecule has 3 nitrogen and oxygen atoms in total. The number of carbonyl (C=O) groups excluding carboxylic acids is 1. The van der Waals surface area contributed by atoms with E-state index >= 15 is 0 Å². The van der Waals surface area contributed by atoms with E-state index < -0.39 is 0 Å². The lowest BCUT2D eigenvalue weighted by atomic mass is 10.3. The van der Waals surface area contributed by atoms with Crippen molar-refractivity contribution in [1.29, 1.82) is 0 Å². The first-order valence-corrected chi connectivity index (χ1v) is 5.35. The van der Waals surface area contributed by atoms with Crippen LogP contribution in [0.15, 0.2) is 0 Å². The Kier molecular flexibility index (Phi) is 14.1. The average molecular weight is 204 g/mol. The van der Waals surface area contributed by atoms with Gasteiger partial charge in [-0.25, -0.2) is 0 Å². The van der Waals surface area contributed by atoms with E-state index in [1.54, 1.807) is 0 Å². The van der Waals surface area contributed by atoms with Crippen LogP contribution in [0.2, 0.25) is 0 Å². The lowest BCUT2D eigenvalue weighted by molar-refractivity contribution is -0.147. The van der Waals surface area contributed by atoms with Crippen molar-refractivity contribution >= 4 is 5.97 Å². The Bertz CT molecular complexity index is 120. The van der Waals surface area contributed by atoms with Gasteiger partial charge in [-0.05, 0) is 34.1 Å². The third-order valence-electron chi connectivity index (χ3n) is 1.23. The minimum Gasteiger partial charge on any atom is -0.463 e. The molecule has 3 heteroatoms. The van der Waals surface area contributed by atoms with Crippen LogP contribution in [0, 0.1) is 0 Å². The molecule has 0 spiro atoms. The molecule has 0 aliphatic rings. The molecular formula is C11H24O3. The Hall–Kier alpha value is -0.570. The Morgan fingerprint density at radius 1 is 1.14 bits per heavy atom. The van der Waals surface area contributed by atoms with Crippen LogP contribution >= 0.6 is 0 Å². The summed E-state index contributed by atoms with van der Waals surface area (Å²) in [6, 6.07) is 0. The molecule has 0 unspecified atom stereocenters. The maximum absolute atomic E-state index is 10.6. The average Bonchev–Trinajstić information content (AvgIpc) is 2.05. The predicted octanol–water partition coefficient (Wildman–Crippen LogP) is 2.78. The van der Waals surface area contributed by atoms with Gasteiger partial charge in [-0.1, -0.05) is 6.92 Å². The SMILES string of the molecule is CCCC(=O)OC(C)C.CCOCC. The molecular weight excluding hydrogens is 180 g/mol. The van der Waals surface area contributed by atoms with Crippen molar-refractivity contribution in [2.45, 2.75) is 53.6 Å². The fourth-order valence-electron chi connectivity index (χ4n) is 0.730. The third kappa shape index (κ3) is 17.5. The molecule has 86 valence electrons. The Morgan fingerprint density at radius 2 is 1.64 bits per heavy atom. The zero-order valence-corrected chi connectivity index (χ0v) is 10.1. The first-order valence-electron chi connectivity index (χ1n) is 5.35. The number of esters is 1. The molecule has 0 N–H and O–H groups in total. The smallest absolute Gasteiger partial charge is 0.306 e. The van der Waals surface area contributed by atoms with Crippen LogP contribution < -0.4 is 0 Å². The van der Waals surface area contributed by atoms with Crippen molar-refractivity contribution in [3.63, 3.8) is 0 Å². The van der Waals surface area contributed by atoms with Gasteiger partial charge in [0.15, 0.2) is 0 Å². The van der Waals surface area contributed by atoms with Gasteiger partial charge in [-0.2, -0.15) is 0 Å². The second-order valence-corrected chi connectivity index (χ2v) is 3.07. The maximum atomic E-state index is 10.6. The van der Waals surface area contributed by atoms with E-state index in [9.17, 15) is 4.79 Å². The molecule has 0 saturated heterocycles. The van der Waals surface area contributed by atoms with Crippen molar-refractivity contribution in [1.82, 2.24) is 0 Å². The van der Waals surface area contributed by atoms with Crippen molar-refractivity contribution in [2.24, 2.45) is 0 Å². The van der Waals surface area contributed by atoms with E-state index in [0.717, 1.165) is 19.6 Å². The standard InChI is InChI=1S/C7H14O2.C4H10O/c1-4-5-7(8)9-6(2)3;1-3-5-4-2/h6H,4-5H2,1-3H3;3-4H2,1-2H3. The Balaban J connectivity index is 0. The summed E-state index contributed by atoms with van der Waals surface area (Å²) in [5, 5.41) is 0. The third-order valence-corrected chi connectivity index (χ3v) is 1.23. The van der Waals surface area contributed by atoms with E-state index in [1.165, 1.54) is 0 Å². The van der Waals surface area contributed by atoms with Crippen LogP contribution in [0.25, 0.3) is 0 Å². The zero-order valence-electron chi connectivity index (χ0n) is 10.1. The molecule has 0 saturated carbocycles. The molecule has 0 heterocycles. The van der Waals surface area contributed by atoms with Gasteiger partial charge in [0.05, 0.1) is 6.10 Å². The van der Waals surface area contributed by atoms with E-state index in [0.29, 0.717) is 6.42 Å². The molecule has 0 aromatic heterocycles. The minimum atomic E-state index is -0.0903. The molecule has 0 aliphatic heterocycles. The van der Waals surface area contributed by atoms with Crippen molar-refractivity contribution in [3.8, 4) is 0 Å². The van der Waals surface area contributed by atoms with Gasteiger partial charge in [0.2, 0.25) is 0 Å². The van der Waals surface area contributed by atoms with Gasteiger partial charge in [-0.3, -0.25) is 4.79 Å². The second-order valence-electron chi connectivity index (χ2n) is 3.07. The molecule has 0 aromatic rings. The predicted molar refractivity (Wildman–Crippen MR) is 58.3 cm³/mol.